The lowest BCUT2D eigenvalue weighted by Crippen LogP contribution is -2.37. The maximum Gasteiger partial charge on any atom is 0.245 e. The molecule has 32 heavy (non-hydrogen) atoms. The second kappa shape index (κ2) is 9.37. The highest BCUT2D eigenvalue weighted by atomic mass is 19.1. The summed E-state index contributed by atoms with van der Waals surface area (Å²) in [5.41, 5.74) is 8.76. The highest BCUT2D eigenvalue weighted by Crippen LogP contribution is 2.36. The molecule has 2 aromatic carbocycles. The number of carbonyl (C=O) groups excluding carboxylic acids is 1. The molecule has 1 aliphatic heterocycles. The number of methoxy groups -OCH3 is 1. The minimum atomic E-state index is -0.937. The van der Waals surface area contributed by atoms with Crippen LogP contribution in [0.4, 0.5) is 15.8 Å². The molecule has 168 valence electrons. The van der Waals surface area contributed by atoms with Crippen LogP contribution in [0, 0.1) is 5.82 Å². The van der Waals surface area contributed by atoms with Crippen molar-refractivity contribution in [3.8, 4) is 16.9 Å². The number of H-pyrrole nitrogens is 1. The molecule has 3 aromatic rings. The van der Waals surface area contributed by atoms with Gasteiger partial charge < -0.3 is 25.8 Å². The monoisotopic (exact) mass is 439 g/mol. The van der Waals surface area contributed by atoms with Gasteiger partial charge in [-0.3, -0.25) is 9.89 Å². The summed E-state index contributed by atoms with van der Waals surface area (Å²) < 4.78 is 20.1. The molecule has 0 saturated carbocycles. The standard InChI is InChI=1S/C23H26FN5O3/c1-32-17-4-2-14(3-5-17)22(25)23(31)28-20-11-19(24)18(15-12-26-27-13-15)10-21(20)29-8-6-16(30)7-9-29/h2-5,10-13,16,22,30H,6-9,25H2,1H3,(H,26,27)(H,28,31). The number of aromatic amines is 1. The molecule has 1 aromatic heterocycles. The predicted octanol–water partition coefficient (Wildman–Crippen LogP) is 2.82. The number of aliphatic hydroxyl groups excluding tert-OH is 1. The number of rotatable bonds is 6. The quantitative estimate of drug-likeness (QED) is 0.469. The molecule has 4 rings (SSSR count). The van der Waals surface area contributed by atoms with Crippen molar-refractivity contribution in [2.45, 2.75) is 25.0 Å². The molecule has 1 aliphatic rings. The van der Waals surface area contributed by atoms with Crippen molar-refractivity contribution in [1.82, 2.24) is 10.2 Å². The number of nitrogens with two attached hydrogens (primary N) is 1. The van der Waals surface area contributed by atoms with Crippen LogP contribution in [-0.2, 0) is 4.79 Å². The SMILES string of the molecule is COc1ccc(C(N)C(=O)Nc2cc(F)c(-c3cn[nH]c3)cc2N2CCC(O)CC2)cc1. The summed E-state index contributed by atoms with van der Waals surface area (Å²) in [6.07, 6.45) is 3.98. The molecule has 9 heteroatoms. The topological polar surface area (TPSA) is 116 Å². The molecular formula is C23H26FN5O3. The highest BCUT2D eigenvalue weighted by molar-refractivity contribution is 5.99. The lowest BCUT2D eigenvalue weighted by atomic mass is 10.0. The van der Waals surface area contributed by atoms with Gasteiger partial charge in [0.1, 0.15) is 17.6 Å². The maximum atomic E-state index is 15.0. The zero-order valence-corrected chi connectivity index (χ0v) is 17.7. The van der Waals surface area contributed by atoms with Crippen LogP contribution in [0.3, 0.4) is 0 Å². The molecule has 0 radical (unpaired) electrons. The summed E-state index contributed by atoms with van der Waals surface area (Å²) in [5, 5.41) is 19.3. The summed E-state index contributed by atoms with van der Waals surface area (Å²) in [4.78, 5) is 14.9. The van der Waals surface area contributed by atoms with E-state index in [1.807, 2.05) is 4.90 Å². The van der Waals surface area contributed by atoms with Crippen molar-refractivity contribution in [2.75, 3.05) is 30.4 Å². The lowest BCUT2D eigenvalue weighted by molar-refractivity contribution is -0.117. The van der Waals surface area contributed by atoms with Gasteiger partial charge >= 0.3 is 0 Å². The summed E-state index contributed by atoms with van der Waals surface area (Å²) in [6.45, 7) is 1.18. The zero-order valence-electron chi connectivity index (χ0n) is 17.7. The molecule has 1 amide bonds. The second-order valence-corrected chi connectivity index (χ2v) is 7.79. The van der Waals surface area contributed by atoms with Crippen LogP contribution in [0.25, 0.3) is 11.1 Å². The largest absolute Gasteiger partial charge is 0.497 e. The van der Waals surface area contributed by atoms with Crippen LogP contribution < -0.4 is 20.7 Å². The van der Waals surface area contributed by atoms with E-state index in [0.717, 1.165) is 0 Å². The van der Waals surface area contributed by atoms with E-state index in [9.17, 15) is 14.3 Å². The Labute approximate surface area is 185 Å². The van der Waals surface area contributed by atoms with Gasteiger partial charge in [-0.2, -0.15) is 5.10 Å². The van der Waals surface area contributed by atoms with E-state index < -0.39 is 17.8 Å². The van der Waals surface area contributed by atoms with E-state index in [0.29, 0.717) is 59.7 Å². The Morgan fingerprint density at radius 3 is 2.66 bits per heavy atom. The summed E-state index contributed by atoms with van der Waals surface area (Å²) in [6, 6.07) is 8.97. The first-order valence-electron chi connectivity index (χ1n) is 10.4. The van der Waals surface area contributed by atoms with Crippen LogP contribution in [-0.4, -0.2) is 47.5 Å². The number of aromatic nitrogens is 2. The van der Waals surface area contributed by atoms with Crippen LogP contribution in [0.1, 0.15) is 24.4 Å². The van der Waals surface area contributed by atoms with E-state index >= 15 is 0 Å². The van der Waals surface area contributed by atoms with Crippen molar-refractivity contribution in [3.63, 3.8) is 0 Å². The Morgan fingerprint density at radius 1 is 1.31 bits per heavy atom. The Kier molecular flexibility index (Phi) is 6.38. The van der Waals surface area contributed by atoms with Crippen molar-refractivity contribution in [1.29, 1.82) is 0 Å². The molecular weight excluding hydrogens is 413 g/mol. The average molecular weight is 439 g/mol. The van der Waals surface area contributed by atoms with Gasteiger partial charge in [0.15, 0.2) is 0 Å². The third-order valence-electron chi connectivity index (χ3n) is 5.72. The third kappa shape index (κ3) is 4.58. The molecule has 1 unspecified atom stereocenters. The van der Waals surface area contributed by atoms with Crippen LogP contribution >= 0.6 is 0 Å². The number of nitrogens with zero attached hydrogens (tertiary/aromatic N) is 2. The summed E-state index contributed by atoms with van der Waals surface area (Å²) in [7, 11) is 1.56. The van der Waals surface area contributed by atoms with Gasteiger partial charge in [0.05, 0.1) is 30.8 Å². The normalized spacial score (nSPS) is 15.4. The summed E-state index contributed by atoms with van der Waals surface area (Å²) in [5.74, 6) is -0.280. The van der Waals surface area contributed by atoms with Gasteiger partial charge in [-0.1, -0.05) is 12.1 Å². The van der Waals surface area contributed by atoms with E-state index in [-0.39, 0.29) is 6.10 Å². The van der Waals surface area contributed by atoms with Crippen molar-refractivity contribution in [3.05, 3.63) is 60.2 Å². The number of benzene rings is 2. The average Bonchev–Trinajstić information content (AvgIpc) is 3.34. The van der Waals surface area contributed by atoms with Crippen LogP contribution in [0.5, 0.6) is 5.75 Å². The fraction of sp³-hybridized carbons (Fsp3) is 0.304. The second-order valence-electron chi connectivity index (χ2n) is 7.79. The number of nitrogens with one attached hydrogen (secondary N) is 2. The molecule has 1 atom stereocenters. The fourth-order valence-electron chi connectivity index (χ4n) is 3.82. The number of hydrogen-bond donors (Lipinski definition) is 4. The first-order valence-corrected chi connectivity index (χ1v) is 10.4. The van der Waals surface area contributed by atoms with E-state index in [4.69, 9.17) is 10.5 Å². The number of hydrogen-bond acceptors (Lipinski definition) is 6. The van der Waals surface area contributed by atoms with Gasteiger partial charge in [0.2, 0.25) is 5.91 Å². The predicted molar refractivity (Wildman–Crippen MR) is 120 cm³/mol. The molecule has 1 saturated heterocycles. The molecule has 8 nitrogen and oxygen atoms in total. The highest BCUT2D eigenvalue weighted by Gasteiger charge is 2.24. The Hall–Kier alpha value is -3.43. The number of carbonyl (C=O) groups is 1. The molecule has 0 aliphatic carbocycles. The number of halogens is 1. The van der Waals surface area contributed by atoms with Gasteiger partial charge in [0.25, 0.3) is 0 Å². The van der Waals surface area contributed by atoms with Crippen molar-refractivity contribution >= 4 is 17.3 Å². The van der Waals surface area contributed by atoms with Gasteiger partial charge in [-0.25, -0.2) is 4.39 Å². The Morgan fingerprint density at radius 2 is 2.03 bits per heavy atom. The van der Waals surface area contributed by atoms with Gasteiger partial charge in [-0.05, 0) is 36.6 Å². The molecule has 0 bridgehead atoms. The van der Waals surface area contributed by atoms with Crippen LogP contribution in [0.15, 0.2) is 48.8 Å². The fourth-order valence-corrected chi connectivity index (χ4v) is 3.82. The zero-order chi connectivity index (χ0) is 22.7. The van der Waals surface area contributed by atoms with Crippen molar-refractivity contribution < 1.29 is 19.0 Å². The number of piperidine rings is 1. The lowest BCUT2D eigenvalue weighted by Gasteiger charge is -2.33. The number of aliphatic hydroxyl groups is 1. The maximum absolute atomic E-state index is 15.0. The number of ether oxygens (including phenoxy) is 1. The first kappa shape index (κ1) is 21.8. The van der Waals surface area contributed by atoms with E-state index in [2.05, 4.69) is 15.5 Å². The molecule has 2 heterocycles. The first-order chi connectivity index (χ1) is 15.5. The van der Waals surface area contributed by atoms with Gasteiger partial charge in [0, 0.05) is 36.5 Å². The number of amides is 1. The molecule has 1 fully saturated rings. The Bertz CT molecular complexity index is 1060. The molecule has 0 spiro atoms. The van der Waals surface area contributed by atoms with Crippen LogP contribution in [0.2, 0.25) is 0 Å². The summed E-state index contributed by atoms with van der Waals surface area (Å²) >= 11 is 0. The van der Waals surface area contributed by atoms with Gasteiger partial charge in [-0.15, -0.1) is 0 Å². The minimum absolute atomic E-state index is 0.333. The smallest absolute Gasteiger partial charge is 0.245 e. The number of anilines is 2. The van der Waals surface area contributed by atoms with E-state index in [1.165, 1.54) is 6.07 Å². The minimum Gasteiger partial charge on any atom is -0.497 e. The third-order valence-corrected chi connectivity index (χ3v) is 5.72. The Balaban J connectivity index is 1.64. The van der Waals surface area contributed by atoms with E-state index in [1.54, 1.807) is 49.8 Å². The van der Waals surface area contributed by atoms with Crippen molar-refractivity contribution in [2.24, 2.45) is 5.73 Å². The molecule has 5 N–H and O–H groups in total.